The SMILES string of the molecule is Cc1oc(C(C)C)cc1C(=O)N1C[C@@H]2CC[C@H]1CN(S(=O)(=O)N(C)C)C2. The van der Waals surface area contributed by atoms with Gasteiger partial charge in [0.2, 0.25) is 0 Å². The van der Waals surface area contributed by atoms with E-state index in [0.717, 1.165) is 18.6 Å². The van der Waals surface area contributed by atoms with E-state index in [1.165, 1.54) is 8.61 Å². The summed E-state index contributed by atoms with van der Waals surface area (Å²) in [6.45, 7) is 7.32. The number of hydrogen-bond acceptors (Lipinski definition) is 4. The highest BCUT2D eigenvalue weighted by molar-refractivity contribution is 7.86. The Balaban J connectivity index is 1.86. The minimum absolute atomic E-state index is 0.0445. The van der Waals surface area contributed by atoms with Gasteiger partial charge in [-0.05, 0) is 31.7 Å². The maximum Gasteiger partial charge on any atom is 0.281 e. The summed E-state index contributed by atoms with van der Waals surface area (Å²) >= 11 is 0. The van der Waals surface area contributed by atoms with Crippen LogP contribution in [0.1, 0.15) is 54.5 Å². The molecule has 2 atom stereocenters. The van der Waals surface area contributed by atoms with Crippen LogP contribution in [0.15, 0.2) is 10.5 Å². The van der Waals surface area contributed by atoms with Crippen LogP contribution in [0.4, 0.5) is 0 Å². The first-order chi connectivity index (χ1) is 12.1. The molecule has 2 bridgehead atoms. The molecule has 1 aromatic rings. The number of fused-ring (bicyclic) bond motifs is 4. The predicted octanol–water partition coefficient (Wildman–Crippen LogP) is 2.05. The molecule has 7 nitrogen and oxygen atoms in total. The molecule has 8 heteroatoms. The van der Waals surface area contributed by atoms with Crippen molar-refractivity contribution in [3.63, 3.8) is 0 Å². The fourth-order valence-electron chi connectivity index (χ4n) is 3.86. The Morgan fingerprint density at radius 3 is 2.50 bits per heavy atom. The molecule has 0 unspecified atom stereocenters. The van der Waals surface area contributed by atoms with Crippen LogP contribution in [0.25, 0.3) is 0 Å². The normalized spacial score (nSPS) is 24.5. The molecule has 1 amide bonds. The van der Waals surface area contributed by atoms with Gasteiger partial charge in [-0.15, -0.1) is 0 Å². The lowest BCUT2D eigenvalue weighted by atomic mass is 9.94. The standard InChI is InChI=1S/C18H29N3O4S/c1-12(2)17-8-16(13(3)25-17)18(22)21-10-14-6-7-15(21)11-20(9-14)26(23,24)19(4)5/h8,12,14-15H,6-7,9-11H2,1-5H3/t14-,15+/m1/s1. The van der Waals surface area contributed by atoms with Crippen molar-refractivity contribution in [1.82, 2.24) is 13.5 Å². The van der Waals surface area contributed by atoms with Gasteiger partial charge in [-0.1, -0.05) is 13.8 Å². The topological polar surface area (TPSA) is 74.1 Å². The van der Waals surface area contributed by atoms with Gasteiger partial charge in [-0.25, -0.2) is 0 Å². The molecule has 0 spiro atoms. The second kappa shape index (κ2) is 6.98. The highest BCUT2D eigenvalue weighted by atomic mass is 32.2. The van der Waals surface area contributed by atoms with Crippen LogP contribution < -0.4 is 0 Å². The Morgan fingerprint density at radius 1 is 1.23 bits per heavy atom. The first kappa shape index (κ1) is 19.4. The molecule has 146 valence electrons. The summed E-state index contributed by atoms with van der Waals surface area (Å²) in [7, 11) is -0.370. The number of rotatable bonds is 4. The third-order valence-electron chi connectivity index (χ3n) is 5.46. The van der Waals surface area contributed by atoms with Gasteiger partial charge in [0.05, 0.1) is 5.56 Å². The number of carbonyl (C=O) groups excluding carboxylic acids is 1. The lowest BCUT2D eigenvalue weighted by molar-refractivity contribution is 0.0587. The third kappa shape index (κ3) is 3.42. The highest BCUT2D eigenvalue weighted by Gasteiger charge is 2.42. The van der Waals surface area contributed by atoms with Crippen molar-refractivity contribution >= 4 is 16.1 Å². The molecule has 3 fully saturated rings. The molecule has 1 aromatic heterocycles. The van der Waals surface area contributed by atoms with Crippen molar-refractivity contribution in [1.29, 1.82) is 0 Å². The monoisotopic (exact) mass is 383 g/mol. The van der Waals surface area contributed by atoms with E-state index in [1.54, 1.807) is 14.1 Å². The van der Waals surface area contributed by atoms with Crippen LogP contribution >= 0.6 is 0 Å². The van der Waals surface area contributed by atoms with Crippen molar-refractivity contribution in [2.24, 2.45) is 5.92 Å². The quantitative estimate of drug-likeness (QED) is 0.798. The predicted molar refractivity (Wildman–Crippen MR) is 99.3 cm³/mol. The number of amides is 1. The summed E-state index contributed by atoms with van der Waals surface area (Å²) < 4.78 is 33.7. The number of furan rings is 1. The van der Waals surface area contributed by atoms with Crippen LogP contribution in [0.3, 0.4) is 0 Å². The molecule has 0 N–H and O–H groups in total. The second-order valence-electron chi connectivity index (χ2n) is 7.94. The molecular weight excluding hydrogens is 354 g/mol. The number of aryl methyl sites for hydroxylation is 1. The van der Waals surface area contributed by atoms with E-state index in [4.69, 9.17) is 4.42 Å². The molecule has 0 aliphatic carbocycles. The molecule has 4 heterocycles. The fourth-order valence-corrected chi connectivity index (χ4v) is 5.09. The van der Waals surface area contributed by atoms with Crippen LogP contribution in [-0.4, -0.2) is 67.6 Å². The van der Waals surface area contributed by atoms with Gasteiger partial charge in [0, 0.05) is 45.7 Å². The molecule has 0 radical (unpaired) electrons. The average molecular weight is 384 g/mol. The summed E-state index contributed by atoms with van der Waals surface area (Å²) in [4.78, 5) is 15.0. The summed E-state index contributed by atoms with van der Waals surface area (Å²) in [5.74, 6) is 1.79. The van der Waals surface area contributed by atoms with Crippen molar-refractivity contribution in [2.45, 2.75) is 45.6 Å². The Kier molecular flexibility index (Phi) is 5.20. The lowest BCUT2D eigenvalue weighted by Crippen LogP contribution is -2.48. The van der Waals surface area contributed by atoms with Crippen LogP contribution in [-0.2, 0) is 10.2 Å². The van der Waals surface area contributed by atoms with Gasteiger partial charge in [0.1, 0.15) is 11.5 Å². The molecular formula is C18H29N3O4S. The molecule has 3 aliphatic heterocycles. The smallest absolute Gasteiger partial charge is 0.281 e. The average Bonchev–Trinajstić information content (AvgIpc) is 2.75. The van der Waals surface area contributed by atoms with E-state index in [9.17, 15) is 13.2 Å². The van der Waals surface area contributed by atoms with Gasteiger partial charge in [-0.2, -0.15) is 17.0 Å². The van der Waals surface area contributed by atoms with Gasteiger partial charge < -0.3 is 9.32 Å². The fraction of sp³-hybridized carbons (Fsp3) is 0.722. The second-order valence-corrected chi connectivity index (χ2v) is 10.1. The molecule has 3 saturated heterocycles. The lowest BCUT2D eigenvalue weighted by Gasteiger charge is -2.36. The zero-order valence-corrected chi connectivity index (χ0v) is 17.0. The molecule has 26 heavy (non-hydrogen) atoms. The Labute approximate surface area is 156 Å². The van der Waals surface area contributed by atoms with Crippen molar-refractivity contribution in [3.05, 3.63) is 23.2 Å². The zero-order chi connectivity index (χ0) is 19.2. The Morgan fingerprint density at radius 2 is 1.92 bits per heavy atom. The first-order valence-electron chi connectivity index (χ1n) is 9.20. The molecule has 3 aliphatic rings. The van der Waals surface area contributed by atoms with Gasteiger partial charge in [0.25, 0.3) is 16.1 Å². The van der Waals surface area contributed by atoms with E-state index in [0.29, 0.717) is 31.0 Å². The maximum absolute atomic E-state index is 13.2. The highest BCUT2D eigenvalue weighted by Crippen LogP contribution is 2.32. The summed E-state index contributed by atoms with van der Waals surface area (Å²) in [6.07, 6.45) is 1.79. The zero-order valence-electron chi connectivity index (χ0n) is 16.2. The minimum atomic E-state index is -3.47. The number of hydrogen-bond donors (Lipinski definition) is 0. The van der Waals surface area contributed by atoms with Crippen LogP contribution in [0, 0.1) is 12.8 Å². The van der Waals surface area contributed by atoms with E-state index < -0.39 is 10.2 Å². The van der Waals surface area contributed by atoms with Crippen molar-refractivity contribution < 1.29 is 17.6 Å². The van der Waals surface area contributed by atoms with Gasteiger partial charge in [0.15, 0.2) is 0 Å². The largest absolute Gasteiger partial charge is 0.465 e. The molecule has 4 rings (SSSR count). The summed E-state index contributed by atoms with van der Waals surface area (Å²) in [5, 5.41) is 0. The van der Waals surface area contributed by atoms with E-state index in [-0.39, 0.29) is 23.8 Å². The Hall–Kier alpha value is -1.38. The van der Waals surface area contributed by atoms with Crippen LogP contribution in [0.2, 0.25) is 0 Å². The van der Waals surface area contributed by atoms with Gasteiger partial charge >= 0.3 is 0 Å². The van der Waals surface area contributed by atoms with E-state index >= 15 is 0 Å². The van der Waals surface area contributed by atoms with E-state index in [1.807, 2.05) is 31.7 Å². The molecule has 0 aromatic carbocycles. The maximum atomic E-state index is 13.2. The number of nitrogens with zero attached hydrogens (tertiary/aromatic N) is 3. The van der Waals surface area contributed by atoms with Gasteiger partial charge in [-0.3, -0.25) is 4.79 Å². The summed E-state index contributed by atoms with van der Waals surface area (Å²) in [5.41, 5.74) is 0.600. The van der Waals surface area contributed by atoms with E-state index in [2.05, 4.69) is 0 Å². The van der Waals surface area contributed by atoms with Crippen molar-refractivity contribution in [3.8, 4) is 0 Å². The minimum Gasteiger partial charge on any atom is -0.465 e. The molecule has 0 saturated carbocycles. The number of carbonyl (C=O) groups is 1. The third-order valence-corrected chi connectivity index (χ3v) is 7.34. The van der Waals surface area contributed by atoms with Crippen LogP contribution in [0.5, 0.6) is 0 Å². The Bertz CT molecular complexity index is 784. The first-order valence-corrected chi connectivity index (χ1v) is 10.6. The summed E-state index contributed by atoms with van der Waals surface area (Å²) in [6, 6.07) is 1.75. The van der Waals surface area contributed by atoms with Crippen molar-refractivity contribution in [2.75, 3.05) is 33.7 Å². The number of piperidine rings is 1.